The van der Waals surface area contributed by atoms with Crippen LogP contribution in [0.25, 0.3) is 0 Å². The second kappa shape index (κ2) is 10.0. The summed E-state index contributed by atoms with van der Waals surface area (Å²) in [6.45, 7) is 4.42. The van der Waals surface area contributed by atoms with E-state index in [0.29, 0.717) is 0 Å². The zero-order valence-corrected chi connectivity index (χ0v) is 14.5. The standard InChI is InChI=1S/C16H25NO2S2/c1-3-8-14(20)17(15(21)9-4-2)16(18)19-12-13-10-6-5-7-11-13/h5-7,10-11,14-15,20-21H,3-4,8-9,12H2,1-2H3. The average Bonchev–Trinajstić information content (AvgIpc) is 2.47. The highest BCUT2D eigenvalue weighted by atomic mass is 32.1. The van der Waals surface area contributed by atoms with Crippen LogP contribution in [0.4, 0.5) is 4.79 Å². The van der Waals surface area contributed by atoms with Crippen molar-refractivity contribution in [3.63, 3.8) is 0 Å². The Kier molecular flexibility index (Phi) is 8.69. The molecule has 2 atom stereocenters. The van der Waals surface area contributed by atoms with Crippen molar-refractivity contribution in [2.45, 2.75) is 56.9 Å². The second-order valence-electron chi connectivity index (χ2n) is 4.99. The largest absolute Gasteiger partial charge is 0.444 e. The van der Waals surface area contributed by atoms with E-state index in [1.807, 2.05) is 30.3 Å². The highest BCUT2D eigenvalue weighted by Crippen LogP contribution is 2.21. The minimum atomic E-state index is -0.347. The first-order chi connectivity index (χ1) is 10.1. The van der Waals surface area contributed by atoms with Gasteiger partial charge in [0, 0.05) is 0 Å². The molecule has 118 valence electrons. The van der Waals surface area contributed by atoms with Crippen molar-refractivity contribution in [1.82, 2.24) is 4.90 Å². The summed E-state index contributed by atoms with van der Waals surface area (Å²) in [5.41, 5.74) is 0.975. The molecule has 0 aliphatic carbocycles. The SMILES string of the molecule is CCCC(S)N(C(=O)OCc1ccccc1)C(S)CCC. The minimum absolute atomic E-state index is 0.160. The topological polar surface area (TPSA) is 29.5 Å². The molecule has 0 radical (unpaired) electrons. The van der Waals surface area contributed by atoms with Gasteiger partial charge in [-0.2, -0.15) is 25.3 Å². The minimum Gasteiger partial charge on any atom is -0.444 e. The molecule has 2 unspecified atom stereocenters. The third-order valence-corrected chi connectivity index (χ3v) is 4.17. The van der Waals surface area contributed by atoms with Gasteiger partial charge in [-0.15, -0.1) is 0 Å². The number of hydrogen-bond donors (Lipinski definition) is 2. The third-order valence-electron chi connectivity index (χ3n) is 3.15. The van der Waals surface area contributed by atoms with Gasteiger partial charge >= 0.3 is 6.09 Å². The zero-order valence-electron chi connectivity index (χ0n) is 12.7. The van der Waals surface area contributed by atoms with Gasteiger partial charge in [-0.05, 0) is 18.4 Å². The smallest absolute Gasteiger partial charge is 0.411 e. The number of rotatable bonds is 8. The van der Waals surface area contributed by atoms with Gasteiger partial charge in [-0.25, -0.2) is 4.79 Å². The average molecular weight is 328 g/mol. The zero-order chi connectivity index (χ0) is 15.7. The monoisotopic (exact) mass is 327 g/mol. The summed E-state index contributed by atoms with van der Waals surface area (Å²) in [6.07, 6.45) is 3.22. The molecule has 3 nitrogen and oxygen atoms in total. The van der Waals surface area contributed by atoms with Crippen LogP contribution < -0.4 is 0 Å². The maximum absolute atomic E-state index is 12.4. The van der Waals surface area contributed by atoms with Crippen LogP contribution in [0.5, 0.6) is 0 Å². The van der Waals surface area contributed by atoms with Crippen LogP contribution in [0.2, 0.25) is 0 Å². The third kappa shape index (κ3) is 6.22. The molecule has 1 amide bonds. The van der Waals surface area contributed by atoms with E-state index >= 15 is 0 Å². The first kappa shape index (κ1) is 18.2. The van der Waals surface area contributed by atoms with Gasteiger partial charge in [0.1, 0.15) is 6.61 Å². The van der Waals surface area contributed by atoms with Gasteiger partial charge in [0.2, 0.25) is 0 Å². The number of hydrogen-bond acceptors (Lipinski definition) is 4. The highest BCUT2D eigenvalue weighted by molar-refractivity contribution is 7.81. The Labute approximate surface area is 138 Å². The van der Waals surface area contributed by atoms with Gasteiger partial charge in [0.25, 0.3) is 0 Å². The lowest BCUT2D eigenvalue weighted by Crippen LogP contribution is -2.42. The lowest BCUT2D eigenvalue weighted by Gasteiger charge is -2.32. The predicted octanol–water partition coefficient (Wildman–Crippen LogP) is 4.74. The fraction of sp³-hybridized carbons (Fsp3) is 0.562. The number of ether oxygens (including phenoxy) is 1. The summed E-state index contributed by atoms with van der Waals surface area (Å²) >= 11 is 9.07. The molecule has 1 aromatic carbocycles. The molecule has 21 heavy (non-hydrogen) atoms. The Morgan fingerprint density at radius 3 is 2.10 bits per heavy atom. The van der Waals surface area contributed by atoms with E-state index in [1.54, 1.807) is 4.90 Å². The summed E-state index contributed by atoms with van der Waals surface area (Å²) in [5, 5.41) is -0.320. The Bertz CT molecular complexity index is 402. The van der Waals surface area contributed by atoms with Gasteiger partial charge < -0.3 is 4.74 Å². The number of nitrogens with zero attached hydrogens (tertiary/aromatic N) is 1. The van der Waals surface area contributed by atoms with E-state index in [4.69, 9.17) is 4.74 Å². The first-order valence-corrected chi connectivity index (χ1v) is 8.48. The Morgan fingerprint density at radius 1 is 1.10 bits per heavy atom. The van der Waals surface area contributed by atoms with Crippen molar-refractivity contribution in [2.24, 2.45) is 0 Å². The molecule has 0 N–H and O–H groups in total. The number of thiol groups is 2. The molecular formula is C16H25NO2S2. The molecule has 0 heterocycles. The van der Waals surface area contributed by atoms with E-state index in [9.17, 15) is 4.79 Å². The molecule has 0 bridgehead atoms. The van der Waals surface area contributed by atoms with Crippen molar-refractivity contribution in [3.8, 4) is 0 Å². The lowest BCUT2D eigenvalue weighted by atomic mass is 10.2. The van der Waals surface area contributed by atoms with Crippen LogP contribution in [0.3, 0.4) is 0 Å². The van der Waals surface area contributed by atoms with Crippen LogP contribution >= 0.6 is 25.3 Å². The summed E-state index contributed by atoms with van der Waals surface area (Å²) < 4.78 is 5.41. The summed E-state index contributed by atoms with van der Waals surface area (Å²) in [7, 11) is 0. The number of benzene rings is 1. The summed E-state index contributed by atoms with van der Waals surface area (Å²) in [5.74, 6) is 0. The maximum Gasteiger partial charge on any atom is 0.411 e. The predicted molar refractivity (Wildman–Crippen MR) is 93.8 cm³/mol. The van der Waals surface area contributed by atoms with Gasteiger partial charge in [-0.3, -0.25) is 4.90 Å². The van der Waals surface area contributed by atoms with Crippen LogP contribution in [0, 0.1) is 0 Å². The highest BCUT2D eigenvalue weighted by Gasteiger charge is 2.27. The first-order valence-electron chi connectivity index (χ1n) is 7.45. The van der Waals surface area contributed by atoms with Crippen molar-refractivity contribution in [2.75, 3.05) is 0 Å². The summed E-state index contributed by atoms with van der Waals surface area (Å²) in [6, 6.07) is 9.67. The molecule has 0 saturated carbocycles. The maximum atomic E-state index is 12.4. The number of amides is 1. The molecule has 0 aromatic heterocycles. The van der Waals surface area contributed by atoms with Gasteiger partial charge in [-0.1, -0.05) is 57.0 Å². The Morgan fingerprint density at radius 2 is 1.62 bits per heavy atom. The second-order valence-corrected chi connectivity index (χ2v) is 6.18. The lowest BCUT2D eigenvalue weighted by molar-refractivity contribution is 0.0867. The normalized spacial score (nSPS) is 13.5. The van der Waals surface area contributed by atoms with Gasteiger partial charge in [0.05, 0.1) is 10.7 Å². The fourth-order valence-electron chi connectivity index (χ4n) is 2.03. The van der Waals surface area contributed by atoms with E-state index in [-0.39, 0.29) is 23.4 Å². The van der Waals surface area contributed by atoms with Crippen molar-refractivity contribution < 1.29 is 9.53 Å². The van der Waals surface area contributed by atoms with E-state index in [1.165, 1.54) is 0 Å². The molecule has 0 fully saturated rings. The molecular weight excluding hydrogens is 302 g/mol. The molecule has 1 aromatic rings. The van der Waals surface area contributed by atoms with Crippen LogP contribution in [-0.2, 0) is 11.3 Å². The van der Waals surface area contributed by atoms with Crippen molar-refractivity contribution in [1.29, 1.82) is 0 Å². The van der Waals surface area contributed by atoms with E-state index < -0.39 is 0 Å². The summed E-state index contributed by atoms with van der Waals surface area (Å²) in [4.78, 5) is 14.0. The quantitative estimate of drug-likeness (QED) is 0.533. The van der Waals surface area contributed by atoms with Crippen LogP contribution in [0.15, 0.2) is 30.3 Å². The van der Waals surface area contributed by atoms with Gasteiger partial charge in [0.15, 0.2) is 0 Å². The van der Waals surface area contributed by atoms with Crippen molar-refractivity contribution in [3.05, 3.63) is 35.9 Å². The van der Waals surface area contributed by atoms with Crippen LogP contribution in [-0.4, -0.2) is 21.7 Å². The molecule has 0 saturated heterocycles. The number of carbonyl (C=O) groups excluding carboxylic acids is 1. The molecule has 0 aliphatic rings. The molecule has 1 rings (SSSR count). The number of carbonyl (C=O) groups is 1. The molecule has 5 heteroatoms. The molecule has 0 spiro atoms. The Hall–Kier alpha value is -0.810. The van der Waals surface area contributed by atoms with E-state index in [0.717, 1.165) is 31.2 Å². The van der Waals surface area contributed by atoms with Crippen LogP contribution in [0.1, 0.15) is 45.1 Å². The van der Waals surface area contributed by atoms with Crippen molar-refractivity contribution >= 4 is 31.4 Å². The Balaban J connectivity index is 2.65. The van der Waals surface area contributed by atoms with E-state index in [2.05, 4.69) is 39.1 Å². The molecule has 0 aliphatic heterocycles. The fourth-order valence-corrected chi connectivity index (χ4v) is 3.16.